The first-order chi connectivity index (χ1) is 18.6. The number of rotatable bonds is 26. The lowest BCUT2D eigenvalue weighted by Gasteiger charge is -2.39. The van der Waals surface area contributed by atoms with E-state index in [-0.39, 0.29) is 6.10 Å². The number of aromatic nitrogens is 3. The van der Waals surface area contributed by atoms with Gasteiger partial charge in [0.2, 0.25) is 5.95 Å². The SMILES string of the molecule is CCCCCCCCSc1nc(NC(OCC)(OCC)C(C[SiH3])OCC)nc(SCCCCCCCC)n1. The van der Waals surface area contributed by atoms with Gasteiger partial charge in [-0.2, -0.15) is 15.0 Å². The number of ether oxygens (including phenoxy) is 3. The minimum absolute atomic E-state index is 0.241. The molecule has 1 N–H and O–H groups in total. The van der Waals surface area contributed by atoms with Crippen LogP contribution >= 0.6 is 23.5 Å². The topological polar surface area (TPSA) is 78.4 Å². The molecule has 0 spiro atoms. The first-order valence-corrected chi connectivity index (χ1v) is 18.7. The molecule has 0 bridgehead atoms. The second-order valence-corrected chi connectivity index (χ2v) is 12.4. The summed E-state index contributed by atoms with van der Waals surface area (Å²) in [4.78, 5) is 14.4. The van der Waals surface area contributed by atoms with Crippen LogP contribution in [0.3, 0.4) is 0 Å². The Labute approximate surface area is 245 Å². The molecule has 0 aliphatic rings. The minimum Gasteiger partial charge on any atom is -0.371 e. The summed E-state index contributed by atoms with van der Waals surface area (Å²) in [5.41, 5.74) is 0. The largest absolute Gasteiger partial charge is 0.371 e. The number of unbranched alkanes of at least 4 members (excludes halogenated alkanes) is 10. The maximum absolute atomic E-state index is 6.20. The van der Waals surface area contributed by atoms with Crippen molar-refractivity contribution >= 4 is 39.7 Å². The van der Waals surface area contributed by atoms with Crippen LogP contribution in [-0.4, -0.2) is 68.5 Å². The molecule has 0 aliphatic heterocycles. The van der Waals surface area contributed by atoms with Crippen LogP contribution in [0, 0.1) is 0 Å². The molecule has 1 rings (SSSR count). The zero-order valence-electron chi connectivity index (χ0n) is 25.2. The zero-order valence-corrected chi connectivity index (χ0v) is 28.8. The van der Waals surface area contributed by atoms with E-state index in [0.29, 0.717) is 25.8 Å². The first kappa shape index (κ1) is 35.6. The second kappa shape index (κ2) is 23.3. The molecule has 1 aromatic rings. The van der Waals surface area contributed by atoms with Crippen LogP contribution in [-0.2, 0) is 14.2 Å². The summed E-state index contributed by atoms with van der Waals surface area (Å²) in [7, 11) is 0.962. The summed E-state index contributed by atoms with van der Waals surface area (Å²) in [5, 5.41) is 4.96. The van der Waals surface area contributed by atoms with E-state index in [1.54, 1.807) is 23.5 Å². The number of hydrogen-bond acceptors (Lipinski definition) is 9. The number of thioether (sulfide) groups is 2. The molecule has 38 heavy (non-hydrogen) atoms. The van der Waals surface area contributed by atoms with Gasteiger partial charge in [0.15, 0.2) is 10.3 Å². The lowest BCUT2D eigenvalue weighted by Crippen LogP contribution is -2.55. The maximum atomic E-state index is 6.20. The van der Waals surface area contributed by atoms with E-state index in [9.17, 15) is 0 Å². The van der Waals surface area contributed by atoms with Crippen molar-refractivity contribution in [3.8, 4) is 0 Å². The molecule has 10 heteroatoms. The zero-order chi connectivity index (χ0) is 27.9. The quantitative estimate of drug-likeness (QED) is 0.0527. The molecule has 1 heterocycles. The van der Waals surface area contributed by atoms with Gasteiger partial charge in [-0.05, 0) is 39.7 Å². The first-order valence-electron chi connectivity index (χ1n) is 15.3. The Morgan fingerprint density at radius 3 is 1.58 bits per heavy atom. The second-order valence-electron chi connectivity index (χ2n) is 9.47. The van der Waals surface area contributed by atoms with Crippen LogP contribution in [0.25, 0.3) is 0 Å². The summed E-state index contributed by atoms with van der Waals surface area (Å²) in [5.74, 6) is 1.41. The van der Waals surface area contributed by atoms with Crippen LogP contribution in [0.15, 0.2) is 10.3 Å². The third-order valence-corrected chi connectivity index (χ3v) is 8.83. The Balaban J connectivity index is 3.00. The van der Waals surface area contributed by atoms with Crippen molar-refractivity contribution < 1.29 is 14.2 Å². The monoisotopic (exact) mass is 588 g/mol. The Morgan fingerprint density at radius 1 is 0.684 bits per heavy atom. The Morgan fingerprint density at radius 2 is 1.16 bits per heavy atom. The summed E-state index contributed by atoms with van der Waals surface area (Å²) >= 11 is 3.44. The van der Waals surface area contributed by atoms with Gasteiger partial charge in [-0.25, -0.2) is 0 Å². The van der Waals surface area contributed by atoms with Gasteiger partial charge >= 0.3 is 0 Å². The predicted octanol–water partition coefficient (Wildman–Crippen LogP) is 7.10. The third-order valence-electron chi connectivity index (χ3n) is 6.22. The molecular weight excluding hydrogens is 533 g/mol. The molecule has 7 nitrogen and oxygen atoms in total. The number of nitrogens with zero attached hydrogens (tertiary/aromatic N) is 3. The smallest absolute Gasteiger partial charge is 0.278 e. The Hall–Kier alpha value is -0.393. The van der Waals surface area contributed by atoms with Crippen LogP contribution < -0.4 is 5.32 Å². The van der Waals surface area contributed by atoms with Gasteiger partial charge in [0, 0.05) is 41.6 Å². The van der Waals surface area contributed by atoms with Gasteiger partial charge in [0.05, 0.1) is 0 Å². The molecule has 0 amide bonds. The molecule has 1 atom stereocenters. The number of anilines is 1. The van der Waals surface area contributed by atoms with Gasteiger partial charge in [0.1, 0.15) is 6.10 Å². The molecular formula is C28H56N4O3S2Si. The summed E-state index contributed by atoms with van der Waals surface area (Å²) in [6, 6.07) is 0.866. The van der Waals surface area contributed by atoms with Gasteiger partial charge in [0.25, 0.3) is 5.91 Å². The van der Waals surface area contributed by atoms with E-state index in [4.69, 9.17) is 29.2 Å². The fourth-order valence-electron chi connectivity index (χ4n) is 4.28. The van der Waals surface area contributed by atoms with Gasteiger partial charge < -0.3 is 19.5 Å². The molecule has 1 unspecified atom stereocenters. The molecule has 1 aromatic heterocycles. The average molecular weight is 589 g/mol. The van der Waals surface area contributed by atoms with E-state index in [1.807, 2.05) is 20.8 Å². The molecule has 0 aliphatic carbocycles. The normalized spacial score (nSPS) is 12.8. The van der Waals surface area contributed by atoms with E-state index in [2.05, 4.69) is 19.2 Å². The highest BCUT2D eigenvalue weighted by molar-refractivity contribution is 7.99. The molecule has 0 saturated heterocycles. The highest BCUT2D eigenvalue weighted by Crippen LogP contribution is 2.28. The molecule has 0 aromatic carbocycles. The highest BCUT2D eigenvalue weighted by Gasteiger charge is 2.42. The van der Waals surface area contributed by atoms with Crippen molar-refractivity contribution in [3.63, 3.8) is 0 Å². The summed E-state index contributed by atoms with van der Waals surface area (Å²) in [6.07, 6.45) is 15.1. The number of hydrogen-bond donors (Lipinski definition) is 1. The Kier molecular flexibility index (Phi) is 21.9. The summed E-state index contributed by atoms with van der Waals surface area (Å²) in [6.45, 7) is 12.0. The van der Waals surface area contributed by atoms with E-state index in [1.165, 1.54) is 77.0 Å². The summed E-state index contributed by atoms with van der Waals surface area (Å²) < 4.78 is 18.5. The molecule has 0 saturated carbocycles. The van der Waals surface area contributed by atoms with E-state index < -0.39 is 5.91 Å². The molecule has 0 radical (unpaired) electrons. The fraction of sp³-hybridized carbons (Fsp3) is 0.893. The van der Waals surface area contributed by atoms with Crippen molar-refractivity contribution in [1.29, 1.82) is 0 Å². The van der Waals surface area contributed by atoms with Crippen LogP contribution in [0.5, 0.6) is 0 Å². The van der Waals surface area contributed by atoms with Crippen molar-refractivity contribution in [2.24, 2.45) is 0 Å². The van der Waals surface area contributed by atoms with Gasteiger partial charge in [-0.1, -0.05) is 102 Å². The van der Waals surface area contributed by atoms with Crippen molar-refractivity contribution in [2.75, 3.05) is 36.6 Å². The minimum atomic E-state index is -1.12. The number of nitrogens with one attached hydrogen (secondary N) is 1. The Bertz CT molecular complexity index is 664. The molecule has 0 fully saturated rings. The van der Waals surface area contributed by atoms with Crippen LogP contribution in [0.1, 0.15) is 112 Å². The van der Waals surface area contributed by atoms with Crippen LogP contribution in [0.4, 0.5) is 5.95 Å². The van der Waals surface area contributed by atoms with Crippen LogP contribution in [0.2, 0.25) is 6.04 Å². The maximum Gasteiger partial charge on any atom is 0.278 e. The standard InChI is InChI=1S/C28H56N4O3S2Si/c1-6-11-13-15-17-19-21-36-26-29-25(30-27(31-26)37-22-20-18-16-14-12-7-2)32-28(34-9-4,35-10-5)24(23-38)33-8-3/h24H,6-23H2,1-5,38H3,(H,29,30,31,32). The van der Waals surface area contributed by atoms with Gasteiger partial charge in [-0.15, -0.1) is 0 Å². The van der Waals surface area contributed by atoms with E-state index >= 15 is 0 Å². The lowest BCUT2D eigenvalue weighted by molar-refractivity contribution is -0.267. The van der Waals surface area contributed by atoms with Crippen molar-refractivity contribution in [1.82, 2.24) is 15.0 Å². The predicted molar refractivity (Wildman–Crippen MR) is 168 cm³/mol. The lowest BCUT2D eigenvalue weighted by atomic mass is 10.1. The van der Waals surface area contributed by atoms with Gasteiger partial charge in [-0.3, -0.25) is 0 Å². The fourth-order valence-corrected chi connectivity index (χ4v) is 6.77. The van der Waals surface area contributed by atoms with E-state index in [0.717, 1.165) is 38.1 Å². The molecule has 222 valence electrons. The third kappa shape index (κ3) is 14.8. The average Bonchev–Trinajstić information content (AvgIpc) is 2.91. The highest BCUT2D eigenvalue weighted by atomic mass is 32.2. The van der Waals surface area contributed by atoms with Crippen molar-refractivity contribution in [2.45, 2.75) is 140 Å². The van der Waals surface area contributed by atoms with Crippen molar-refractivity contribution in [3.05, 3.63) is 0 Å².